The maximum absolute atomic E-state index is 13.1. The summed E-state index contributed by atoms with van der Waals surface area (Å²) in [6.45, 7) is 5.13. The fourth-order valence-corrected chi connectivity index (χ4v) is 5.77. The lowest BCUT2D eigenvalue weighted by atomic mass is 10.1. The highest BCUT2D eigenvalue weighted by molar-refractivity contribution is 7.89. The molecule has 2 saturated heterocycles. The van der Waals surface area contributed by atoms with Crippen LogP contribution in [-0.4, -0.2) is 61.7 Å². The molecule has 2 aliphatic heterocycles. The molecule has 2 amide bonds. The van der Waals surface area contributed by atoms with E-state index in [4.69, 9.17) is 11.6 Å². The van der Waals surface area contributed by atoms with Gasteiger partial charge in [-0.05, 0) is 49.7 Å². The molecule has 0 radical (unpaired) electrons. The number of sulfonamides is 1. The molecule has 2 aromatic carbocycles. The van der Waals surface area contributed by atoms with Gasteiger partial charge in [-0.2, -0.15) is 4.31 Å². The molecule has 9 heteroatoms. The molecule has 31 heavy (non-hydrogen) atoms. The number of imide groups is 1. The van der Waals surface area contributed by atoms with E-state index in [2.05, 4.69) is 0 Å². The SMILES string of the molecule is Cc1ccc(N2C(=O)C[C@H](N3CCN(S(=O)(=O)c4ccc(Cl)cc4)CC3)C2=O)c(C)c1. The van der Waals surface area contributed by atoms with Crippen molar-refractivity contribution in [2.24, 2.45) is 0 Å². The third-order valence-corrected chi connectivity index (χ3v) is 8.05. The largest absolute Gasteiger partial charge is 0.289 e. The van der Waals surface area contributed by atoms with Crippen LogP contribution < -0.4 is 4.90 Å². The summed E-state index contributed by atoms with van der Waals surface area (Å²) in [7, 11) is -3.63. The summed E-state index contributed by atoms with van der Waals surface area (Å²) < 4.78 is 27.2. The Balaban J connectivity index is 1.46. The number of amides is 2. The average Bonchev–Trinajstić information content (AvgIpc) is 3.03. The van der Waals surface area contributed by atoms with Gasteiger partial charge in [0.05, 0.1) is 23.0 Å². The predicted molar refractivity (Wildman–Crippen MR) is 119 cm³/mol. The zero-order valence-electron chi connectivity index (χ0n) is 17.4. The Kier molecular flexibility index (Phi) is 5.91. The lowest BCUT2D eigenvalue weighted by Crippen LogP contribution is -2.53. The van der Waals surface area contributed by atoms with E-state index in [0.717, 1.165) is 11.1 Å². The number of piperazine rings is 1. The van der Waals surface area contributed by atoms with Gasteiger partial charge in [-0.3, -0.25) is 14.5 Å². The van der Waals surface area contributed by atoms with Crippen molar-refractivity contribution in [3.8, 4) is 0 Å². The van der Waals surface area contributed by atoms with Gasteiger partial charge in [0.2, 0.25) is 15.9 Å². The summed E-state index contributed by atoms with van der Waals surface area (Å²) in [4.78, 5) is 29.2. The van der Waals surface area contributed by atoms with Crippen molar-refractivity contribution >= 4 is 39.1 Å². The Morgan fingerprint density at radius 1 is 0.935 bits per heavy atom. The first-order valence-electron chi connectivity index (χ1n) is 10.1. The highest BCUT2D eigenvalue weighted by Crippen LogP contribution is 2.30. The average molecular weight is 462 g/mol. The van der Waals surface area contributed by atoms with Crippen LogP contribution in [-0.2, 0) is 19.6 Å². The van der Waals surface area contributed by atoms with E-state index in [1.807, 2.05) is 30.9 Å². The molecule has 0 spiro atoms. The minimum absolute atomic E-state index is 0.107. The summed E-state index contributed by atoms with van der Waals surface area (Å²) in [6, 6.07) is 11.2. The van der Waals surface area contributed by atoms with Crippen molar-refractivity contribution < 1.29 is 18.0 Å². The molecular formula is C22H24ClN3O4S. The number of nitrogens with zero attached hydrogens (tertiary/aromatic N) is 3. The highest BCUT2D eigenvalue weighted by atomic mass is 35.5. The van der Waals surface area contributed by atoms with E-state index in [1.54, 1.807) is 18.2 Å². The van der Waals surface area contributed by atoms with Crippen LogP contribution in [0.5, 0.6) is 0 Å². The van der Waals surface area contributed by atoms with Gasteiger partial charge in [0.25, 0.3) is 5.91 Å². The molecule has 2 heterocycles. The number of halogens is 1. The van der Waals surface area contributed by atoms with Crippen LogP contribution in [0, 0.1) is 13.8 Å². The predicted octanol–water partition coefficient (Wildman–Crippen LogP) is 2.60. The number of rotatable bonds is 4. The zero-order valence-corrected chi connectivity index (χ0v) is 19.0. The zero-order chi connectivity index (χ0) is 22.3. The number of hydrogen-bond acceptors (Lipinski definition) is 5. The Morgan fingerprint density at radius 3 is 2.19 bits per heavy atom. The summed E-state index contributed by atoms with van der Waals surface area (Å²) in [5.74, 6) is -0.468. The quantitative estimate of drug-likeness (QED) is 0.654. The van der Waals surface area contributed by atoms with Crippen LogP contribution in [0.4, 0.5) is 5.69 Å². The molecule has 0 bridgehead atoms. The van der Waals surface area contributed by atoms with Gasteiger partial charge < -0.3 is 0 Å². The molecule has 2 aliphatic rings. The van der Waals surface area contributed by atoms with Crippen molar-refractivity contribution in [1.29, 1.82) is 0 Å². The van der Waals surface area contributed by atoms with Crippen LogP contribution in [0.2, 0.25) is 5.02 Å². The number of hydrogen-bond donors (Lipinski definition) is 0. The van der Waals surface area contributed by atoms with Crippen LogP contribution >= 0.6 is 11.6 Å². The maximum Gasteiger partial charge on any atom is 0.251 e. The standard InChI is InChI=1S/C22H24ClN3O4S/c1-15-3-8-19(16(2)13-15)26-21(27)14-20(22(26)28)24-9-11-25(12-10-24)31(29,30)18-6-4-17(23)5-7-18/h3-8,13,20H,9-12,14H2,1-2H3/t20-/m0/s1. The molecule has 2 fully saturated rings. The first-order chi connectivity index (χ1) is 14.7. The van der Waals surface area contributed by atoms with E-state index in [9.17, 15) is 18.0 Å². The van der Waals surface area contributed by atoms with E-state index < -0.39 is 16.1 Å². The van der Waals surface area contributed by atoms with Crippen molar-refractivity contribution in [3.63, 3.8) is 0 Å². The van der Waals surface area contributed by atoms with Crippen LogP contribution in [0.1, 0.15) is 17.5 Å². The van der Waals surface area contributed by atoms with Crippen molar-refractivity contribution in [1.82, 2.24) is 9.21 Å². The molecule has 0 N–H and O–H groups in total. The number of benzene rings is 2. The second-order valence-corrected chi connectivity index (χ2v) is 10.3. The Bertz CT molecular complexity index is 1130. The first kappa shape index (κ1) is 22.0. The lowest BCUT2D eigenvalue weighted by molar-refractivity contribution is -0.123. The van der Waals surface area contributed by atoms with Crippen LogP contribution in [0.3, 0.4) is 0 Å². The van der Waals surface area contributed by atoms with Gasteiger partial charge in [-0.25, -0.2) is 13.3 Å². The van der Waals surface area contributed by atoms with Gasteiger partial charge in [0.15, 0.2) is 0 Å². The number of aryl methyl sites for hydroxylation is 2. The number of anilines is 1. The Labute approximate surface area is 187 Å². The van der Waals surface area contributed by atoms with E-state index >= 15 is 0 Å². The molecule has 0 aromatic heterocycles. The summed E-state index contributed by atoms with van der Waals surface area (Å²) in [5.41, 5.74) is 2.56. The third kappa shape index (κ3) is 4.13. The molecule has 164 valence electrons. The molecule has 4 rings (SSSR count). The van der Waals surface area contributed by atoms with Crippen molar-refractivity contribution in [2.45, 2.75) is 31.2 Å². The number of carbonyl (C=O) groups excluding carboxylic acids is 2. The van der Waals surface area contributed by atoms with Crippen molar-refractivity contribution in [2.75, 3.05) is 31.1 Å². The normalized spacial score (nSPS) is 21.1. The van der Waals surface area contributed by atoms with E-state index in [0.29, 0.717) is 23.8 Å². The minimum Gasteiger partial charge on any atom is -0.289 e. The van der Waals surface area contributed by atoms with Gasteiger partial charge in [-0.15, -0.1) is 0 Å². The van der Waals surface area contributed by atoms with Crippen LogP contribution in [0.25, 0.3) is 0 Å². The third-order valence-electron chi connectivity index (χ3n) is 5.88. The van der Waals surface area contributed by atoms with Crippen LogP contribution in [0.15, 0.2) is 47.4 Å². The summed E-state index contributed by atoms with van der Waals surface area (Å²) in [5, 5.41) is 0.474. The molecule has 1 atom stereocenters. The van der Waals surface area contributed by atoms with E-state index in [-0.39, 0.29) is 36.2 Å². The second-order valence-electron chi connectivity index (χ2n) is 7.97. The van der Waals surface area contributed by atoms with E-state index in [1.165, 1.54) is 21.3 Å². The fourth-order valence-electron chi connectivity index (χ4n) is 4.22. The lowest BCUT2D eigenvalue weighted by Gasteiger charge is -2.36. The summed E-state index contributed by atoms with van der Waals surface area (Å²) >= 11 is 5.86. The maximum atomic E-state index is 13.1. The monoisotopic (exact) mass is 461 g/mol. The molecule has 7 nitrogen and oxygen atoms in total. The summed E-state index contributed by atoms with van der Waals surface area (Å²) in [6.07, 6.45) is 0.107. The molecule has 0 saturated carbocycles. The molecule has 0 unspecified atom stereocenters. The topological polar surface area (TPSA) is 78.0 Å². The van der Waals surface area contributed by atoms with Crippen molar-refractivity contribution in [3.05, 3.63) is 58.6 Å². The Hall–Kier alpha value is -2.26. The molecular weight excluding hydrogens is 438 g/mol. The molecule has 2 aromatic rings. The minimum atomic E-state index is -3.63. The second kappa shape index (κ2) is 8.35. The van der Waals surface area contributed by atoms with Gasteiger partial charge >= 0.3 is 0 Å². The Morgan fingerprint density at radius 2 is 1.58 bits per heavy atom. The first-order valence-corrected chi connectivity index (χ1v) is 11.9. The van der Waals surface area contributed by atoms with Gasteiger partial charge in [0, 0.05) is 31.2 Å². The number of carbonyl (C=O) groups is 2. The van der Waals surface area contributed by atoms with Gasteiger partial charge in [0.1, 0.15) is 0 Å². The smallest absolute Gasteiger partial charge is 0.251 e. The highest BCUT2D eigenvalue weighted by Gasteiger charge is 2.44. The van der Waals surface area contributed by atoms with Gasteiger partial charge in [-0.1, -0.05) is 29.3 Å². The fraction of sp³-hybridized carbons (Fsp3) is 0.364. The molecule has 0 aliphatic carbocycles.